The minimum Gasteiger partial charge on any atom is -0.416 e. The molecule has 1 aromatic heterocycles. The third kappa shape index (κ3) is 3.47. The summed E-state index contributed by atoms with van der Waals surface area (Å²) in [6.07, 6.45) is 1.67. The van der Waals surface area contributed by atoms with E-state index in [1.807, 2.05) is 0 Å². The molecule has 0 saturated carbocycles. The van der Waals surface area contributed by atoms with Crippen molar-refractivity contribution in [2.45, 2.75) is 17.7 Å². The zero-order chi connectivity index (χ0) is 19.0. The van der Waals surface area contributed by atoms with Crippen LogP contribution in [-0.4, -0.2) is 36.0 Å². The van der Waals surface area contributed by atoms with Gasteiger partial charge in [0.05, 0.1) is 5.02 Å². The van der Waals surface area contributed by atoms with Crippen LogP contribution in [0.5, 0.6) is 0 Å². The van der Waals surface area contributed by atoms with Crippen molar-refractivity contribution in [3.05, 3.63) is 53.3 Å². The van der Waals surface area contributed by atoms with Crippen LogP contribution in [0.3, 0.4) is 0 Å². The van der Waals surface area contributed by atoms with E-state index in [9.17, 15) is 12.8 Å². The molecule has 0 aliphatic carbocycles. The Morgan fingerprint density at radius 2 is 1.56 bits per heavy atom. The van der Waals surface area contributed by atoms with Crippen molar-refractivity contribution >= 4 is 21.6 Å². The first-order valence-corrected chi connectivity index (χ1v) is 10.2. The maximum Gasteiger partial charge on any atom is 0.248 e. The third-order valence-electron chi connectivity index (χ3n) is 4.38. The largest absolute Gasteiger partial charge is 0.416 e. The predicted molar refractivity (Wildman–Crippen MR) is 98.1 cm³/mol. The third-order valence-corrected chi connectivity index (χ3v) is 6.76. The van der Waals surface area contributed by atoms with E-state index in [2.05, 4.69) is 10.2 Å². The SMILES string of the molecule is O=S(=O)(c1cc(-c2nnc(-c3ccc(F)cc3)o2)ccc1Cl)N1CCCC1. The van der Waals surface area contributed by atoms with E-state index in [0.29, 0.717) is 24.2 Å². The van der Waals surface area contributed by atoms with Gasteiger partial charge in [0.2, 0.25) is 21.8 Å². The summed E-state index contributed by atoms with van der Waals surface area (Å²) in [7, 11) is -3.68. The van der Waals surface area contributed by atoms with Crippen LogP contribution in [0.25, 0.3) is 22.9 Å². The smallest absolute Gasteiger partial charge is 0.248 e. The number of benzene rings is 2. The molecule has 0 bridgehead atoms. The molecular formula is C18H15ClFN3O3S. The van der Waals surface area contributed by atoms with E-state index >= 15 is 0 Å². The Bertz CT molecular complexity index is 1080. The quantitative estimate of drug-likeness (QED) is 0.653. The van der Waals surface area contributed by atoms with Gasteiger partial charge < -0.3 is 4.42 Å². The summed E-state index contributed by atoms with van der Waals surface area (Å²) in [5, 5.41) is 8.07. The number of halogens is 2. The highest BCUT2D eigenvalue weighted by Crippen LogP contribution is 2.32. The second-order valence-electron chi connectivity index (χ2n) is 6.18. The first-order chi connectivity index (χ1) is 12.9. The lowest BCUT2D eigenvalue weighted by molar-refractivity contribution is 0.477. The van der Waals surface area contributed by atoms with Gasteiger partial charge in [-0.3, -0.25) is 0 Å². The van der Waals surface area contributed by atoms with Gasteiger partial charge in [-0.15, -0.1) is 10.2 Å². The molecule has 1 aliphatic heterocycles. The topological polar surface area (TPSA) is 76.3 Å². The van der Waals surface area contributed by atoms with Crippen LogP contribution in [0.2, 0.25) is 5.02 Å². The molecule has 9 heteroatoms. The molecule has 1 saturated heterocycles. The molecule has 140 valence electrons. The second-order valence-corrected chi connectivity index (χ2v) is 8.49. The number of hydrogen-bond donors (Lipinski definition) is 0. The van der Waals surface area contributed by atoms with Crippen molar-refractivity contribution in [2.75, 3.05) is 13.1 Å². The van der Waals surface area contributed by atoms with Gasteiger partial charge in [0.25, 0.3) is 0 Å². The van der Waals surface area contributed by atoms with E-state index in [0.717, 1.165) is 12.8 Å². The van der Waals surface area contributed by atoms with Crippen molar-refractivity contribution in [1.82, 2.24) is 14.5 Å². The van der Waals surface area contributed by atoms with Gasteiger partial charge in [0.15, 0.2) is 0 Å². The van der Waals surface area contributed by atoms with Crippen LogP contribution < -0.4 is 0 Å². The summed E-state index contributed by atoms with van der Waals surface area (Å²) in [5.74, 6) is 0.000662. The molecule has 1 fully saturated rings. The molecular weight excluding hydrogens is 393 g/mol. The highest BCUT2D eigenvalue weighted by atomic mass is 35.5. The summed E-state index contributed by atoms with van der Waals surface area (Å²) < 4.78 is 45.8. The van der Waals surface area contributed by atoms with Gasteiger partial charge in [-0.05, 0) is 55.3 Å². The van der Waals surface area contributed by atoms with Gasteiger partial charge in [-0.2, -0.15) is 4.31 Å². The Kier molecular flexibility index (Phi) is 4.71. The molecule has 6 nitrogen and oxygen atoms in total. The predicted octanol–water partition coefficient (Wildman–Crippen LogP) is 3.98. The molecule has 0 atom stereocenters. The summed E-state index contributed by atoms with van der Waals surface area (Å²) in [4.78, 5) is 0.0186. The number of nitrogens with zero attached hydrogens (tertiary/aromatic N) is 3. The molecule has 27 heavy (non-hydrogen) atoms. The Hall–Kier alpha value is -2.29. The number of aromatic nitrogens is 2. The second kappa shape index (κ2) is 7.03. The Labute approximate surface area is 160 Å². The van der Waals surface area contributed by atoms with Crippen LogP contribution in [0, 0.1) is 5.82 Å². The summed E-state index contributed by atoms with van der Waals surface area (Å²) in [6.45, 7) is 0.969. The normalized spacial score (nSPS) is 15.3. The maximum atomic E-state index is 13.1. The fourth-order valence-electron chi connectivity index (χ4n) is 2.95. The Balaban J connectivity index is 1.70. The summed E-state index contributed by atoms with van der Waals surface area (Å²) in [6, 6.07) is 10.2. The molecule has 3 aromatic rings. The highest BCUT2D eigenvalue weighted by Gasteiger charge is 2.29. The molecule has 2 heterocycles. The average molecular weight is 408 g/mol. The molecule has 0 unspecified atom stereocenters. The minimum absolute atomic E-state index is 0.0186. The van der Waals surface area contributed by atoms with Crippen LogP contribution in [0.1, 0.15) is 12.8 Å². The first-order valence-electron chi connectivity index (χ1n) is 8.35. The summed E-state index contributed by atoms with van der Waals surface area (Å²) in [5.41, 5.74) is 1.01. The van der Waals surface area contributed by atoms with E-state index in [1.54, 1.807) is 6.07 Å². The Morgan fingerprint density at radius 3 is 2.22 bits per heavy atom. The summed E-state index contributed by atoms with van der Waals surface area (Å²) >= 11 is 6.15. The zero-order valence-electron chi connectivity index (χ0n) is 14.1. The standard InChI is InChI=1S/C18H15ClFN3O3S/c19-15-8-5-13(11-16(15)27(24,25)23-9-1-2-10-23)18-22-21-17(26-18)12-3-6-14(20)7-4-12/h3-8,11H,1-2,9-10H2. The van der Waals surface area contributed by atoms with Crippen molar-refractivity contribution < 1.29 is 17.2 Å². The van der Waals surface area contributed by atoms with Crippen molar-refractivity contribution in [2.24, 2.45) is 0 Å². The maximum absolute atomic E-state index is 13.1. The van der Waals surface area contributed by atoms with Gasteiger partial charge in [0.1, 0.15) is 10.7 Å². The average Bonchev–Trinajstić information content (AvgIpc) is 3.35. The van der Waals surface area contributed by atoms with Crippen LogP contribution >= 0.6 is 11.6 Å². The van der Waals surface area contributed by atoms with E-state index in [4.69, 9.17) is 16.0 Å². The minimum atomic E-state index is -3.68. The monoisotopic (exact) mass is 407 g/mol. The molecule has 0 spiro atoms. The van der Waals surface area contributed by atoms with E-state index in [-0.39, 0.29) is 27.5 Å². The molecule has 0 radical (unpaired) electrons. The van der Waals surface area contributed by atoms with Crippen LogP contribution in [-0.2, 0) is 10.0 Å². The molecule has 1 aliphatic rings. The fraction of sp³-hybridized carbons (Fsp3) is 0.222. The number of sulfonamides is 1. The van der Waals surface area contributed by atoms with Gasteiger partial charge >= 0.3 is 0 Å². The van der Waals surface area contributed by atoms with E-state index < -0.39 is 10.0 Å². The lowest BCUT2D eigenvalue weighted by atomic mass is 10.2. The van der Waals surface area contributed by atoms with Crippen molar-refractivity contribution in [1.29, 1.82) is 0 Å². The van der Waals surface area contributed by atoms with Gasteiger partial charge in [-0.25, -0.2) is 12.8 Å². The van der Waals surface area contributed by atoms with Crippen LogP contribution in [0.4, 0.5) is 4.39 Å². The lowest BCUT2D eigenvalue weighted by Gasteiger charge is -2.16. The molecule has 4 rings (SSSR count). The van der Waals surface area contributed by atoms with E-state index in [1.165, 1.54) is 40.7 Å². The van der Waals surface area contributed by atoms with Gasteiger partial charge in [-0.1, -0.05) is 11.6 Å². The lowest BCUT2D eigenvalue weighted by Crippen LogP contribution is -2.28. The van der Waals surface area contributed by atoms with Crippen LogP contribution in [0.15, 0.2) is 51.8 Å². The number of hydrogen-bond acceptors (Lipinski definition) is 5. The highest BCUT2D eigenvalue weighted by molar-refractivity contribution is 7.89. The zero-order valence-corrected chi connectivity index (χ0v) is 15.7. The Morgan fingerprint density at radius 1 is 0.963 bits per heavy atom. The van der Waals surface area contributed by atoms with Crippen molar-refractivity contribution in [3.63, 3.8) is 0 Å². The number of rotatable bonds is 4. The fourth-order valence-corrected chi connectivity index (χ4v) is 4.97. The van der Waals surface area contributed by atoms with Crippen molar-refractivity contribution in [3.8, 4) is 22.9 Å². The molecule has 0 N–H and O–H groups in total. The molecule has 2 aromatic carbocycles. The molecule has 0 amide bonds. The van der Waals surface area contributed by atoms with Gasteiger partial charge in [0, 0.05) is 24.2 Å². The first kappa shape index (κ1) is 18.1.